The maximum absolute atomic E-state index is 14.2. The van der Waals surface area contributed by atoms with Crippen molar-refractivity contribution < 1.29 is 37.4 Å². The summed E-state index contributed by atoms with van der Waals surface area (Å²) < 4.78 is 42.7. The second-order valence-corrected chi connectivity index (χ2v) is 12.7. The Bertz CT molecular complexity index is 1550. The SMILES string of the molecule is C[C@@H](O)CNC(C(=O)N[C@H](Cc1c[nH]c2ccccc12)C(=O)N1CCC2(CCc3ccccc32)CC1)[C@@H](C)COC(=O)C(F)(F)F. The highest BCUT2D eigenvalue weighted by Crippen LogP contribution is 2.46. The Morgan fingerprint density at radius 2 is 1.74 bits per heavy atom. The van der Waals surface area contributed by atoms with Crippen LogP contribution in [0.15, 0.2) is 54.7 Å². The fourth-order valence-electron chi connectivity index (χ4n) is 6.88. The van der Waals surface area contributed by atoms with E-state index in [0.717, 1.165) is 42.1 Å². The first kappa shape index (κ1) is 33.5. The van der Waals surface area contributed by atoms with Crippen molar-refractivity contribution in [2.75, 3.05) is 26.2 Å². The summed E-state index contributed by atoms with van der Waals surface area (Å²) in [6.45, 7) is 3.27. The van der Waals surface area contributed by atoms with E-state index in [1.165, 1.54) is 25.0 Å². The van der Waals surface area contributed by atoms with Crippen LogP contribution in [0.5, 0.6) is 0 Å². The molecule has 1 spiro atoms. The van der Waals surface area contributed by atoms with Crippen molar-refractivity contribution in [3.05, 3.63) is 71.4 Å². The van der Waals surface area contributed by atoms with Crippen molar-refractivity contribution in [3.63, 3.8) is 0 Å². The van der Waals surface area contributed by atoms with Gasteiger partial charge in [-0.15, -0.1) is 0 Å². The van der Waals surface area contributed by atoms with E-state index in [2.05, 4.69) is 44.6 Å². The molecular weight excluding hydrogens is 601 g/mol. The molecule has 1 aliphatic heterocycles. The molecule has 1 fully saturated rings. The lowest BCUT2D eigenvalue weighted by molar-refractivity contribution is -0.201. The minimum absolute atomic E-state index is 0.0300. The van der Waals surface area contributed by atoms with Gasteiger partial charge >= 0.3 is 12.1 Å². The number of carbonyl (C=O) groups excluding carboxylic acids is 3. The average molecular weight is 643 g/mol. The maximum Gasteiger partial charge on any atom is 0.490 e. The van der Waals surface area contributed by atoms with Gasteiger partial charge in [-0.2, -0.15) is 13.2 Å². The van der Waals surface area contributed by atoms with Gasteiger partial charge in [0.05, 0.1) is 18.8 Å². The summed E-state index contributed by atoms with van der Waals surface area (Å²) >= 11 is 0. The summed E-state index contributed by atoms with van der Waals surface area (Å²) in [6.07, 6.45) is -0.384. The third-order valence-corrected chi connectivity index (χ3v) is 9.40. The molecular formula is C34H41F3N4O5. The number of aromatic amines is 1. The third-order valence-electron chi connectivity index (χ3n) is 9.40. The number of nitrogens with one attached hydrogen (secondary N) is 3. The Kier molecular flexibility index (Phi) is 10.1. The largest absolute Gasteiger partial charge is 0.490 e. The molecule has 46 heavy (non-hydrogen) atoms. The first-order chi connectivity index (χ1) is 21.9. The van der Waals surface area contributed by atoms with Gasteiger partial charge in [-0.05, 0) is 60.8 Å². The number of rotatable bonds is 11. The number of carbonyl (C=O) groups is 3. The molecule has 2 amide bonds. The van der Waals surface area contributed by atoms with Crippen LogP contribution in [0.2, 0.25) is 0 Å². The number of aliphatic hydroxyl groups is 1. The van der Waals surface area contributed by atoms with Crippen molar-refractivity contribution in [1.82, 2.24) is 20.5 Å². The van der Waals surface area contributed by atoms with E-state index in [4.69, 9.17) is 0 Å². The van der Waals surface area contributed by atoms with Crippen molar-refractivity contribution in [2.24, 2.45) is 5.92 Å². The first-order valence-corrected chi connectivity index (χ1v) is 15.8. The number of hydrogen-bond acceptors (Lipinski definition) is 6. The van der Waals surface area contributed by atoms with Gasteiger partial charge in [0.1, 0.15) is 6.04 Å². The van der Waals surface area contributed by atoms with Crippen LogP contribution in [0.25, 0.3) is 10.9 Å². The molecule has 9 nitrogen and oxygen atoms in total. The zero-order valence-electron chi connectivity index (χ0n) is 26.0. The number of amides is 2. The lowest BCUT2D eigenvalue weighted by Crippen LogP contribution is -2.58. The van der Waals surface area contributed by atoms with Crippen LogP contribution < -0.4 is 10.6 Å². The molecule has 2 heterocycles. The normalized spacial score (nSPS) is 18.5. The van der Waals surface area contributed by atoms with Crippen molar-refractivity contribution >= 4 is 28.7 Å². The predicted molar refractivity (Wildman–Crippen MR) is 166 cm³/mol. The van der Waals surface area contributed by atoms with Crippen LogP contribution >= 0.6 is 0 Å². The number of alkyl halides is 3. The molecule has 1 aliphatic carbocycles. The molecule has 1 unspecified atom stereocenters. The van der Waals surface area contributed by atoms with E-state index in [1.54, 1.807) is 11.1 Å². The number of H-pyrrole nitrogens is 1. The zero-order valence-corrected chi connectivity index (χ0v) is 26.0. The van der Waals surface area contributed by atoms with Gasteiger partial charge in [0, 0.05) is 49.1 Å². The van der Waals surface area contributed by atoms with Gasteiger partial charge in [0.25, 0.3) is 0 Å². The Morgan fingerprint density at radius 1 is 1.04 bits per heavy atom. The number of aliphatic hydroxyl groups excluding tert-OH is 1. The van der Waals surface area contributed by atoms with E-state index in [9.17, 15) is 32.7 Å². The lowest BCUT2D eigenvalue weighted by Gasteiger charge is -2.41. The Morgan fingerprint density at radius 3 is 2.46 bits per heavy atom. The second-order valence-electron chi connectivity index (χ2n) is 12.7. The van der Waals surface area contributed by atoms with E-state index in [-0.39, 0.29) is 24.3 Å². The Balaban J connectivity index is 1.35. The van der Waals surface area contributed by atoms with Crippen LogP contribution in [-0.4, -0.2) is 83.4 Å². The number of hydrogen-bond donors (Lipinski definition) is 4. The molecule has 0 radical (unpaired) electrons. The molecule has 0 bridgehead atoms. The monoisotopic (exact) mass is 642 g/mol. The van der Waals surface area contributed by atoms with Gasteiger partial charge in [0.2, 0.25) is 11.8 Å². The molecule has 4 N–H and O–H groups in total. The summed E-state index contributed by atoms with van der Waals surface area (Å²) in [5.74, 6) is -4.15. The second kappa shape index (κ2) is 13.8. The van der Waals surface area contributed by atoms with E-state index in [0.29, 0.717) is 13.1 Å². The summed E-state index contributed by atoms with van der Waals surface area (Å²) in [4.78, 5) is 44.3. The molecule has 1 saturated heterocycles. The van der Waals surface area contributed by atoms with Crippen LogP contribution in [0, 0.1) is 5.92 Å². The summed E-state index contributed by atoms with van der Waals surface area (Å²) in [5, 5.41) is 16.5. The van der Waals surface area contributed by atoms with E-state index < -0.39 is 48.8 Å². The third kappa shape index (κ3) is 7.39. The summed E-state index contributed by atoms with van der Waals surface area (Å²) in [7, 11) is 0. The van der Waals surface area contributed by atoms with Crippen molar-refractivity contribution in [2.45, 2.75) is 75.7 Å². The molecule has 1 aromatic heterocycles. The molecule has 12 heteroatoms. The number of aromatic nitrogens is 1. The molecule has 0 saturated carbocycles. The fraction of sp³-hybridized carbons (Fsp3) is 0.500. The smallest absolute Gasteiger partial charge is 0.459 e. The fourth-order valence-corrected chi connectivity index (χ4v) is 6.88. The van der Waals surface area contributed by atoms with Gasteiger partial charge in [-0.1, -0.05) is 49.4 Å². The Hall–Kier alpha value is -3.90. The molecule has 5 rings (SSSR count). The molecule has 3 aromatic rings. The predicted octanol–water partition coefficient (Wildman–Crippen LogP) is 3.78. The van der Waals surface area contributed by atoms with Crippen molar-refractivity contribution in [3.8, 4) is 0 Å². The number of fused-ring (bicyclic) bond motifs is 3. The number of likely N-dealkylation sites (tertiary alicyclic amines) is 1. The number of nitrogens with zero attached hydrogens (tertiary/aromatic N) is 1. The van der Waals surface area contributed by atoms with Gasteiger partial charge < -0.3 is 30.4 Å². The van der Waals surface area contributed by atoms with Crippen molar-refractivity contribution in [1.29, 1.82) is 0 Å². The minimum Gasteiger partial charge on any atom is -0.459 e. The number of ether oxygens (including phenoxy) is 1. The maximum atomic E-state index is 14.2. The number of piperidine rings is 1. The highest BCUT2D eigenvalue weighted by molar-refractivity contribution is 5.91. The molecule has 2 aliphatic rings. The van der Waals surface area contributed by atoms with Crippen LogP contribution in [0.3, 0.4) is 0 Å². The molecule has 2 aromatic carbocycles. The summed E-state index contributed by atoms with van der Waals surface area (Å²) in [6, 6.07) is 14.0. The standard InChI is InChI=1S/C34H41F3N4O5/c1-21(20-46-32(45)34(35,36)37)29(39-18-22(2)42)30(43)40-28(17-24-19-38-27-10-6-4-8-25(24)27)31(44)41-15-13-33(14-16-41)12-11-23-7-3-5-9-26(23)33/h3-10,19,21-22,28-29,38-39,42H,11-18,20H2,1-2H3,(H,40,43)/t21-,22+,28+,29?/m0/s1. The Labute approximate surface area is 265 Å². The van der Waals surface area contributed by atoms with Crippen LogP contribution in [0.4, 0.5) is 13.2 Å². The van der Waals surface area contributed by atoms with Gasteiger partial charge in [-0.3, -0.25) is 9.59 Å². The van der Waals surface area contributed by atoms with Gasteiger partial charge in [-0.25, -0.2) is 4.79 Å². The number of esters is 1. The highest BCUT2D eigenvalue weighted by atomic mass is 19.4. The quantitative estimate of drug-likeness (QED) is 0.236. The zero-order chi connectivity index (χ0) is 33.1. The van der Waals surface area contributed by atoms with Crippen LogP contribution in [0.1, 0.15) is 49.8 Å². The van der Waals surface area contributed by atoms with Crippen LogP contribution in [-0.2, 0) is 37.4 Å². The van der Waals surface area contributed by atoms with Gasteiger partial charge in [0.15, 0.2) is 0 Å². The lowest BCUT2D eigenvalue weighted by atomic mass is 9.74. The average Bonchev–Trinajstić information content (AvgIpc) is 3.60. The minimum atomic E-state index is -5.17. The highest BCUT2D eigenvalue weighted by Gasteiger charge is 2.44. The van der Waals surface area contributed by atoms with E-state index in [1.807, 2.05) is 24.3 Å². The molecule has 248 valence electrons. The topological polar surface area (TPSA) is 124 Å². The number of para-hydroxylation sites is 1. The number of aryl methyl sites for hydroxylation is 1. The first-order valence-electron chi connectivity index (χ1n) is 15.8. The van der Waals surface area contributed by atoms with E-state index >= 15 is 0 Å². The molecule has 4 atom stereocenters. The summed E-state index contributed by atoms with van der Waals surface area (Å²) in [5.41, 5.74) is 4.46. The number of benzene rings is 2. The number of halogens is 3.